The monoisotopic (exact) mass is 243 g/mol. The second kappa shape index (κ2) is 4.39. The molecule has 70 valence electrons. The molecular formula is C9H10BrNO2. The maximum atomic E-state index is 11.0. The number of aliphatic hydroxyl groups is 1. The van der Waals surface area contributed by atoms with Gasteiger partial charge in [0.25, 0.3) is 5.91 Å². The number of hydrogen-bond donors (Lipinski definition) is 2. The van der Waals surface area contributed by atoms with E-state index in [0.29, 0.717) is 5.56 Å². The Morgan fingerprint density at radius 2 is 2.00 bits per heavy atom. The van der Waals surface area contributed by atoms with E-state index in [-0.39, 0.29) is 0 Å². The fourth-order valence-corrected chi connectivity index (χ4v) is 1.20. The molecule has 1 aromatic rings. The molecule has 0 aromatic heterocycles. The van der Waals surface area contributed by atoms with Crippen molar-refractivity contribution in [3.63, 3.8) is 0 Å². The van der Waals surface area contributed by atoms with Gasteiger partial charge in [-0.1, -0.05) is 28.1 Å². The largest absolute Gasteiger partial charge is 0.378 e. The van der Waals surface area contributed by atoms with Crippen molar-refractivity contribution in [3.8, 4) is 0 Å². The molecule has 1 unspecified atom stereocenters. The predicted molar refractivity (Wildman–Crippen MR) is 53.2 cm³/mol. The third-order valence-corrected chi connectivity index (χ3v) is 2.21. The van der Waals surface area contributed by atoms with Crippen molar-refractivity contribution in [1.82, 2.24) is 5.32 Å². The Balaban J connectivity index is 2.83. The average Bonchev–Trinajstić information content (AvgIpc) is 2.17. The summed E-state index contributed by atoms with van der Waals surface area (Å²) in [7, 11) is 1.49. The van der Waals surface area contributed by atoms with Gasteiger partial charge in [-0.2, -0.15) is 0 Å². The van der Waals surface area contributed by atoms with Gasteiger partial charge in [0.05, 0.1) is 0 Å². The highest BCUT2D eigenvalue weighted by atomic mass is 79.9. The van der Waals surface area contributed by atoms with Crippen LogP contribution in [0.2, 0.25) is 0 Å². The van der Waals surface area contributed by atoms with E-state index in [4.69, 9.17) is 0 Å². The van der Waals surface area contributed by atoms with Crippen molar-refractivity contribution in [3.05, 3.63) is 34.3 Å². The maximum Gasteiger partial charge on any atom is 0.253 e. The zero-order valence-electron chi connectivity index (χ0n) is 7.12. The number of benzene rings is 1. The van der Waals surface area contributed by atoms with Gasteiger partial charge in [-0.05, 0) is 17.7 Å². The van der Waals surface area contributed by atoms with Gasteiger partial charge in [0.1, 0.15) is 0 Å². The van der Waals surface area contributed by atoms with Crippen LogP contribution in [0.1, 0.15) is 11.7 Å². The molecule has 1 atom stereocenters. The van der Waals surface area contributed by atoms with Gasteiger partial charge in [0.2, 0.25) is 0 Å². The van der Waals surface area contributed by atoms with Crippen molar-refractivity contribution in [2.45, 2.75) is 6.10 Å². The van der Waals surface area contributed by atoms with Crippen LogP contribution in [0.3, 0.4) is 0 Å². The van der Waals surface area contributed by atoms with Crippen molar-refractivity contribution in [1.29, 1.82) is 0 Å². The van der Waals surface area contributed by atoms with E-state index in [1.807, 2.05) is 0 Å². The number of halogens is 1. The number of amides is 1. The van der Waals surface area contributed by atoms with E-state index < -0.39 is 12.0 Å². The quantitative estimate of drug-likeness (QED) is 0.821. The minimum Gasteiger partial charge on any atom is -0.378 e. The summed E-state index contributed by atoms with van der Waals surface area (Å²) in [4.78, 5) is 11.0. The average molecular weight is 244 g/mol. The molecule has 2 N–H and O–H groups in total. The van der Waals surface area contributed by atoms with Crippen LogP contribution >= 0.6 is 15.9 Å². The molecule has 0 saturated heterocycles. The SMILES string of the molecule is CNC(=O)C(O)c1ccc(Br)cc1. The topological polar surface area (TPSA) is 49.3 Å². The van der Waals surface area contributed by atoms with Gasteiger partial charge in [-0.15, -0.1) is 0 Å². The van der Waals surface area contributed by atoms with Crippen LogP contribution < -0.4 is 5.32 Å². The van der Waals surface area contributed by atoms with Gasteiger partial charge in [-0.3, -0.25) is 4.79 Å². The zero-order chi connectivity index (χ0) is 9.84. The van der Waals surface area contributed by atoms with Gasteiger partial charge < -0.3 is 10.4 Å². The second-order valence-corrected chi connectivity index (χ2v) is 3.48. The summed E-state index contributed by atoms with van der Waals surface area (Å²) in [6.45, 7) is 0. The molecule has 1 amide bonds. The number of hydrogen-bond acceptors (Lipinski definition) is 2. The van der Waals surface area contributed by atoms with E-state index >= 15 is 0 Å². The molecule has 1 rings (SSSR count). The molecule has 0 fully saturated rings. The highest BCUT2D eigenvalue weighted by molar-refractivity contribution is 9.10. The number of likely N-dealkylation sites (N-methyl/N-ethyl adjacent to an activating group) is 1. The predicted octanol–water partition coefficient (Wildman–Crippen LogP) is 1.23. The normalized spacial score (nSPS) is 12.2. The lowest BCUT2D eigenvalue weighted by atomic mass is 10.1. The van der Waals surface area contributed by atoms with E-state index in [9.17, 15) is 9.90 Å². The number of nitrogens with one attached hydrogen (secondary N) is 1. The molecule has 4 heteroatoms. The van der Waals surface area contributed by atoms with Gasteiger partial charge in [0, 0.05) is 11.5 Å². The summed E-state index contributed by atoms with van der Waals surface area (Å²) in [5.74, 6) is -0.401. The molecule has 0 radical (unpaired) electrons. The maximum absolute atomic E-state index is 11.0. The molecule has 0 aliphatic carbocycles. The molecule has 0 saturated carbocycles. The zero-order valence-corrected chi connectivity index (χ0v) is 8.71. The fourth-order valence-electron chi connectivity index (χ4n) is 0.933. The summed E-state index contributed by atoms with van der Waals surface area (Å²) in [5, 5.41) is 11.8. The summed E-state index contributed by atoms with van der Waals surface area (Å²) in [6.07, 6.45) is -1.09. The fraction of sp³-hybridized carbons (Fsp3) is 0.222. The van der Waals surface area contributed by atoms with Crippen LogP contribution in [0.25, 0.3) is 0 Å². The molecule has 0 aliphatic rings. The van der Waals surface area contributed by atoms with E-state index in [0.717, 1.165) is 4.47 Å². The number of carbonyl (C=O) groups is 1. The first kappa shape index (κ1) is 10.2. The van der Waals surface area contributed by atoms with Crippen LogP contribution in [0.4, 0.5) is 0 Å². The molecule has 1 aromatic carbocycles. The first-order chi connectivity index (χ1) is 6.15. The Bertz CT molecular complexity index is 297. The summed E-state index contributed by atoms with van der Waals surface area (Å²) in [6, 6.07) is 6.96. The standard InChI is InChI=1S/C9H10BrNO2/c1-11-9(13)8(12)6-2-4-7(10)5-3-6/h2-5,8,12H,1H3,(H,11,13). The molecule has 0 bridgehead atoms. The van der Waals surface area contributed by atoms with Crippen molar-refractivity contribution >= 4 is 21.8 Å². The van der Waals surface area contributed by atoms with Crippen LogP contribution in [0, 0.1) is 0 Å². The Kier molecular flexibility index (Phi) is 3.45. The Hall–Kier alpha value is -0.870. The van der Waals surface area contributed by atoms with Crippen molar-refractivity contribution in [2.75, 3.05) is 7.05 Å². The Morgan fingerprint density at radius 1 is 1.46 bits per heavy atom. The first-order valence-electron chi connectivity index (χ1n) is 3.80. The smallest absolute Gasteiger partial charge is 0.253 e. The highest BCUT2D eigenvalue weighted by Gasteiger charge is 2.14. The van der Waals surface area contributed by atoms with Gasteiger partial charge >= 0.3 is 0 Å². The molecule has 3 nitrogen and oxygen atoms in total. The third-order valence-electron chi connectivity index (χ3n) is 1.68. The van der Waals surface area contributed by atoms with Crippen molar-refractivity contribution in [2.24, 2.45) is 0 Å². The highest BCUT2D eigenvalue weighted by Crippen LogP contribution is 2.16. The molecular weight excluding hydrogens is 234 g/mol. The first-order valence-corrected chi connectivity index (χ1v) is 4.59. The molecule has 0 spiro atoms. The number of rotatable bonds is 2. The number of carbonyl (C=O) groups excluding carboxylic acids is 1. The minimum absolute atomic E-state index is 0.401. The van der Waals surface area contributed by atoms with Crippen molar-refractivity contribution < 1.29 is 9.90 Å². The molecule has 0 heterocycles. The summed E-state index contributed by atoms with van der Waals surface area (Å²) in [5.41, 5.74) is 0.586. The lowest BCUT2D eigenvalue weighted by Crippen LogP contribution is -2.25. The Morgan fingerprint density at radius 3 is 2.46 bits per heavy atom. The second-order valence-electron chi connectivity index (χ2n) is 2.57. The van der Waals surface area contributed by atoms with E-state index in [1.54, 1.807) is 24.3 Å². The van der Waals surface area contributed by atoms with Gasteiger partial charge in [0.15, 0.2) is 6.10 Å². The lowest BCUT2D eigenvalue weighted by Gasteiger charge is -2.08. The van der Waals surface area contributed by atoms with Crippen LogP contribution in [0.15, 0.2) is 28.7 Å². The van der Waals surface area contributed by atoms with Crippen LogP contribution in [0.5, 0.6) is 0 Å². The Labute approximate surface area is 84.9 Å². The van der Waals surface area contributed by atoms with Crippen LogP contribution in [-0.4, -0.2) is 18.1 Å². The van der Waals surface area contributed by atoms with Crippen LogP contribution in [-0.2, 0) is 4.79 Å². The number of aliphatic hydroxyl groups excluding tert-OH is 1. The molecule has 0 aliphatic heterocycles. The van der Waals surface area contributed by atoms with E-state index in [2.05, 4.69) is 21.2 Å². The third kappa shape index (κ3) is 2.54. The molecule has 13 heavy (non-hydrogen) atoms. The summed E-state index contributed by atoms with van der Waals surface area (Å²) < 4.78 is 0.917. The van der Waals surface area contributed by atoms with E-state index in [1.165, 1.54) is 7.05 Å². The lowest BCUT2D eigenvalue weighted by molar-refractivity contribution is -0.129. The van der Waals surface area contributed by atoms with Gasteiger partial charge in [-0.25, -0.2) is 0 Å². The summed E-state index contributed by atoms with van der Waals surface area (Å²) >= 11 is 3.27. The minimum atomic E-state index is -1.09.